The summed E-state index contributed by atoms with van der Waals surface area (Å²) in [5.41, 5.74) is 7.28. The Morgan fingerprint density at radius 1 is 1.11 bits per heavy atom. The van der Waals surface area contributed by atoms with Crippen LogP contribution in [0.4, 0.5) is 11.4 Å². The van der Waals surface area contributed by atoms with Crippen molar-refractivity contribution >= 4 is 17.3 Å². The maximum Gasteiger partial charge on any atom is 0.243 e. The zero-order valence-corrected chi connectivity index (χ0v) is 21.5. The molecule has 4 N–H and O–H groups in total. The third-order valence-corrected chi connectivity index (χ3v) is 9.13. The molecule has 6 nitrogen and oxygen atoms in total. The first-order valence-electron chi connectivity index (χ1n) is 14.0. The van der Waals surface area contributed by atoms with Crippen molar-refractivity contribution < 1.29 is 9.90 Å². The molecule has 2 aromatic carbocycles. The van der Waals surface area contributed by atoms with E-state index in [1.807, 2.05) is 6.92 Å². The van der Waals surface area contributed by atoms with Crippen LogP contribution in [0.1, 0.15) is 79.7 Å². The molecule has 6 rings (SSSR count). The van der Waals surface area contributed by atoms with E-state index in [9.17, 15) is 9.90 Å². The minimum absolute atomic E-state index is 0.0137. The fourth-order valence-electron chi connectivity index (χ4n) is 7.30. The number of phenols is 1. The van der Waals surface area contributed by atoms with Gasteiger partial charge in [0.25, 0.3) is 0 Å². The number of benzene rings is 2. The van der Waals surface area contributed by atoms with Gasteiger partial charge in [0, 0.05) is 43.5 Å². The summed E-state index contributed by atoms with van der Waals surface area (Å²) in [6, 6.07) is 10.0. The number of hydrogen-bond acceptors (Lipinski definition) is 5. The van der Waals surface area contributed by atoms with Crippen molar-refractivity contribution in [1.82, 2.24) is 10.2 Å². The van der Waals surface area contributed by atoms with E-state index >= 15 is 0 Å². The minimum Gasteiger partial charge on any atom is -0.508 e. The fraction of sp³-hybridized carbons (Fsp3) is 0.567. The van der Waals surface area contributed by atoms with Gasteiger partial charge in [-0.15, -0.1) is 0 Å². The summed E-state index contributed by atoms with van der Waals surface area (Å²) in [5, 5.41) is 20.1. The van der Waals surface area contributed by atoms with Crippen LogP contribution < -0.4 is 16.0 Å². The second kappa shape index (κ2) is 9.62. The normalized spacial score (nSPS) is 24.9. The Bertz CT molecular complexity index is 1130. The number of rotatable bonds is 4. The second-order valence-corrected chi connectivity index (χ2v) is 11.8. The Balaban J connectivity index is 1.14. The average Bonchev–Trinajstić information content (AvgIpc) is 3.30. The summed E-state index contributed by atoms with van der Waals surface area (Å²) in [4.78, 5) is 16.0. The lowest BCUT2D eigenvalue weighted by Gasteiger charge is -2.45. The number of hydrogen-bond donors (Lipinski definition) is 4. The predicted octanol–water partition coefficient (Wildman–Crippen LogP) is 5.26. The van der Waals surface area contributed by atoms with Gasteiger partial charge in [0.05, 0.1) is 6.04 Å². The van der Waals surface area contributed by atoms with Gasteiger partial charge in [-0.05, 0) is 85.4 Å². The maximum atomic E-state index is 13.3. The quantitative estimate of drug-likeness (QED) is 0.473. The molecule has 1 saturated carbocycles. The van der Waals surface area contributed by atoms with E-state index in [4.69, 9.17) is 0 Å². The molecule has 192 valence electrons. The van der Waals surface area contributed by atoms with Crippen LogP contribution in [-0.4, -0.2) is 41.6 Å². The lowest BCUT2D eigenvalue weighted by atomic mass is 9.69. The number of nitrogens with one attached hydrogen (secondary N) is 3. The number of carbonyl (C=O) groups excluding carboxylic acids is 1. The van der Waals surface area contributed by atoms with E-state index in [-0.39, 0.29) is 23.7 Å². The van der Waals surface area contributed by atoms with E-state index in [2.05, 4.69) is 39.0 Å². The number of amides is 1. The van der Waals surface area contributed by atoms with Crippen molar-refractivity contribution in [2.24, 2.45) is 5.41 Å². The van der Waals surface area contributed by atoms with Crippen molar-refractivity contribution in [3.8, 4) is 5.75 Å². The van der Waals surface area contributed by atoms with Crippen LogP contribution in [0.25, 0.3) is 0 Å². The maximum absolute atomic E-state index is 13.3. The van der Waals surface area contributed by atoms with Crippen molar-refractivity contribution in [3.05, 3.63) is 52.6 Å². The van der Waals surface area contributed by atoms with Gasteiger partial charge in [-0.2, -0.15) is 0 Å². The number of aromatic hydroxyl groups is 1. The Hall–Kier alpha value is -2.73. The lowest BCUT2D eigenvalue weighted by molar-refractivity contribution is -0.122. The van der Waals surface area contributed by atoms with E-state index in [1.165, 1.54) is 69.2 Å². The summed E-state index contributed by atoms with van der Waals surface area (Å²) in [7, 11) is 0. The van der Waals surface area contributed by atoms with Crippen LogP contribution >= 0.6 is 0 Å². The fourth-order valence-corrected chi connectivity index (χ4v) is 7.30. The molecule has 0 aromatic heterocycles. The van der Waals surface area contributed by atoms with Crippen LogP contribution in [0.15, 0.2) is 30.3 Å². The first-order chi connectivity index (χ1) is 17.5. The Labute approximate surface area is 214 Å². The molecular weight excluding hydrogens is 448 g/mol. The van der Waals surface area contributed by atoms with E-state index in [1.54, 1.807) is 12.1 Å². The predicted molar refractivity (Wildman–Crippen MR) is 144 cm³/mol. The molecule has 2 atom stereocenters. The third kappa shape index (κ3) is 4.68. The molecule has 2 aromatic rings. The molecule has 3 heterocycles. The van der Waals surface area contributed by atoms with Crippen molar-refractivity contribution in [1.29, 1.82) is 0 Å². The summed E-state index contributed by atoms with van der Waals surface area (Å²) in [6.07, 6.45) is 11.3. The molecule has 1 amide bonds. The number of nitrogens with zero attached hydrogens (tertiary/aromatic N) is 1. The molecule has 1 spiro atoms. The SMILES string of the molecule is Cc1cc(O)cc2c1CC(C(=O)NC1CCNc3ccc(CN4CCCC5(CCCCC5)C4)cc31)N2. The van der Waals surface area contributed by atoms with Gasteiger partial charge < -0.3 is 21.1 Å². The highest BCUT2D eigenvalue weighted by atomic mass is 16.3. The molecule has 6 heteroatoms. The van der Waals surface area contributed by atoms with Gasteiger partial charge in [0.2, 0.25) is 5.91 Å². The van der Waals surface area contributed by atoms with Crippen LogP contribution in [0, 0.1) is 12.3 Å². The van der Waals surface area contributed by atoms with Gasteiger partial charge in [0.15, 0.2) is 0 Å². The highest BCUT2D eigenvalue weighted by Gasteiger charge is 2.36. The smallest absolute Gasteiger partial charge is 0.243 e. The number of aryl methyl sites for hydroxylation is 1. The molecule has 0 bridgehead atoms. The molecule has 1 saturated heterocycles. The van der Waals surface area contributed by atoms with Crippen molar-refractivity contribution in [2.45, 2.75) is 83.3 Å². The summed E-state index contributed by atoms with van der Waals surface area (Å²) in [5.74, 6) is 0.270. The molecule has 36 heavy (non-hydrogen) atoms. The Morgan fingerprint density at radius 2 is 1.94 bits per heavy atom. The molecular formula is C30H40N4O2. The first-order valence-corrected chi connectivity index (χ1v) is 14.0. The van der Waals surface area contributed by atoms with Gasteiger partial charge in [-0.25, -0.2) is 0 Å². The molecule has 2 unspecified atom stereocenters. The minimum atomic E-state index is -0.304. The largest absolute Gasteiger partial charge is 0.508 e. The topological polar surface area (TPSA) is 76.6 Å². The molecule has 1 aliphatic carbocycles. The number of fused-ring (bicyclic) bond motifs is 2. The number of likely N-dealkylation sites (tertiary alicyclic amines) is 1. The van der Waals surface area contributed by atoms with Gasteiger partial charge in [-0.3, -0.25) is 9.69 Å². The van der Waals surface area contributed by atoms with Gasteiger partial charge >= 0.3 is 0 Å². The summed E-state index contributed by atoms with van der Waals surface area (Å²) < 4.78 is 0. The van der Waals surface area contributed by atoms with Gasteiger partial charge in [-0.1, -0.05) is 31.4 Å². The Kier molecular flexibility index (Phi) is 6.32. The van der Waals surface area contributed by atoms with E-state index in [0.717, 1.165) is 42.0 Å². The molecule has 2 fully saturated rings. The van der Waals surface area contributed by atoms with Crippen LogP contribution in [0.2, 0.25) is 0 Å². The third-order valence-electron chi connectivity index (χ3n) is 9.13. The Morgan fingerprint density at radius 3 is 2.81 bits per heavy atom. The van der Waals surface area contributed by atoms with Crippen LogP contribution in [0.5, 0.6) is 5.75 Å². The molecule has 0 radical (unpaired) electrons. The van der Waals surface area contributed by atoms with Crippen molar-refractivity contribution in [2.75, 3.05) is 30.3 Å². The monoisotopic (exact) mass is 488 g/mol. The van der Waals surface area contributed by atoms with E-state index in [0.29, 0.717) is 11.8 Å². The highest BCUT2D eigenvalue weighted by molar-refractivity contribution is 5.88. The molecule has 4 aliphatic rings. The zero-order chi connectivity index (χ0) is 24.7. The number of piperidine rings is 1. The standard InChI is InChI=1S/C30H40N4O2/c1-20-14-22(35)16-27-23(20)17-28(32-27)29(36)33-26-8-12-31-25-7-6-21(15-24(25)26)18-34-13-5-11-30(19-34)9-3-2-4-10-30/h6-7,14-16,26,28,31-32,35H,2-5,8-13,17-19H2,1H3,(H,33,36). The highest BCUT2D eigenvalue weighted by Crippen LogP contribution is 2.43. The lowest BCUT2D eigenvalue weighted by Crippen LogP contribution is -2.44. The van der Waals surface area contributed by atoms with Crippen LogP contribution in [0.3, 0.4) is 0 Å². The zero-order valence-electron chi connectivity index (χ0n) is 21.5. The number of phenolic OH excluding ortho intramolecular Hbond substituents is 1. The second-order valence-electron chi connectivity index (χ2n) is 11.8. The summed E-state index contributed by atoms with van der Waals surface area (Å²) >= 11 is 0. The van der Waals surface area contributed by atoms with E-state index < -0.39 is 0 Å². The molecule has 3 aliphatic heterocycles. The number of anilines is 2. The first kappa shape index (κ1) is 23.7. The van der Waals surface area contributed by atoms with Gasteiger partial charge in [0.1, 0.15) is 11.8 Å². The number of carbonyl (C=O) groups is 1. The average molecular weight is 489 g/mol. The summed E-state index contributed by atoms with van der Waals surface area (Å²) in [6.45, 7) is 6.28. The van der Waals surface area contributed by atoms with Crippen molar-refractivity contribution in [3.63, 3.8) is 0 Å². The van der Waals surface area contributed by atoms with Crippen LogP contribution in [-0.2, 0) is 17.8 Å².